The zero-order valence-corrected chi connectivity index (χ0v) is 27.9. The van der Waals surface area contributed by atoms with Gasteiger partial charge in [0.1, 0.15) is 0 Å². The molecule has 9 heteroatoms. The van der Waals surface area contributed by atoms with Crippen molar-refractivity contribution < 1.29 is 42.6 Å². The van der Waals surface area contributed by atoms with E-state index in [-0.39, 0.29) is 42.7 Å². The monoisotopic (exact) mass is 582 g/mol. The molecule has 0 amide bonds. The molecule has 0 saturated carbocycles. The maximum Gasteiger partial charge on any atom is 0.0781 e. The summed E-state index contributed by atoms with van der Waals surface area (Å²) in [6.07, 6.45) is 5.20. The number of unbranched alkanes of at least 4 members (excludes halogenated alkanes) is 2. The molecule has 0 rings (SSSR count). The van der Waals surface area contributed by atoms with E-state index in [0.29, 0.717) is 46.2 Å². The fourth-order valence-electron chi connectivity index (χ4n) is 3.01. The Balaban J connectivity index is 0. The van der Waals surface area contributed by atoms with E-state index < -0.39 is 0 Å². The molecule has 0 aliphatic heterocycles. The van der Waals surface area contributed by atoms with Crippen LogP contribution in [0.3, 0.4) is 0 Å². The quantitative estimate of drug-likeness (QED) is 0.113. The summed E-state index contributed by atoms with van der Waals surface area (Å²) in [5, 5.41) is 0. The highest BCUT2D eigenvalue weighted by atomic mass is 16.6. The van der Waals surface area contributed by atoms with Gasteiger partial charge in [0.15, 0.2) is 0 Å². The maximum absolute atomic E-state index is 5.74. The van der Waals surface area contributed by atoms with Crippen LogP contribution in [0.2, 0.25) is 0 Å². The topological polar surface area (TPSA) is 83.1 Å². The smallest absolute Gasteiger partial charge is 0.0781 e. The molecule has 0 fully saturated rings. The molecule has 7 unspecified atom stereocenters. The fraction of sp³-hybridized carbons (Fsp3) is 1.00. The number of hydrogen-bond donors (Lipinski definition) is 0. The first-order valence-electron chi connectivity index (χ1n) is 15.4. The van der Waals surface area contributed by atoms with E-state index in [1.165, 1.54) is 6.42 Å². The SMILES string of the molecule is CCCCOCC(C)OCC(C)OCC(C)OCCCC.COCC(C)OCC(C)OCC(C)OCC(C)OC. The van der Waals surface area contributed by atoms with Crippen LogP contribution >= 0.6 is 0 Å². The first-order valence-corrected chi connectivity index (χ1v) is 15.4. The second kappa shape index (κ2) is 30.1. The van der Waals surface area contributed by atoms with Crippen LogP contribution in [0.15, 0.2) is 0 Å². The molecule has 0 saturated heterocycles. The van der Waals surface area contributed by atoms with Gasteiger partial charge in [-0.25, -0.2) is 0 Å². The largest absolute Gasteiger partial charge is 0.382 e. The van der Waals surface area contributed by atoms with Gasteiger partial charge in [-0.2, -0.15) is 0 Å². The second-order valence-corrected chi connectivity index (χ2v) is 10.7. The molecule has 0 spiro atoms. The first-order chi connectivity index (χ1) is 19.1. The van der Waals surface area contributed by atoms with E-state index in [1.807, 2.05) is 48.5 Å². The predicted octanol–water partition coefficient (Wildman–Crippen LogP) is 5.70. The van der Waals surface area contributed by atoms with Crippen molar-refractivity contribution in [3.63, 3.8) is 0 Å². The van der Waals surface area contributed by atoms with Crippen LogP contribution < -0.4 is 0 Å². The molecular formula is C31H66O9. The van der Waals surface area contributed by atoms with E-state index in [0.717, 1.165) is 32.5 Å². The predicted molar refractivity (Wildman–Crippen MR) is 161 cm³/mol. The first kappa shape index (κ1) is 41.8. The van der Waals surface area contributed by atoms with E-state index in [1.54, 1.807) is 14.2 Å². The minimum Gasteiger partial charge on any atom is -0.382 e. The van der Waals surface area contributed by atoms with E-state index >= 15 is 0 Å². The Morgan fingerprint density at radius 1 is 0.400 bits per heavy atom. The standard InChI is InChI=1S/C17H36O4.C14H30O5/c1-6-8-10-18-12-15(3)20-14-17(5)21-13-16(4)19-11-9-7-2;1-11(16-6)8-17-13(3)10-19-14(4)9-18-12(2)7-15-5/h15-17H,6-14H2,1-5H3;11-14H,7-10H2,1-6H3. The number of ether oxygens (including phenoxy) is 9. The average molecular weight is 583 g/mol. The highest BCUT2D eigenvalue weighted by Gasteiger charge is 2.11. The summed E-state index contributed by atoms with van der Waals surface area (Å²) in [4.78, 5) is 0. The molecule has 0 aromatic heterocycles. The zero-order chi connectivity index (χ0) is 30.6. The molecule has 0 aliphatic rings. The van der Waals surface area contributed by atoms with Crippen molar-refractivity contribution in [1.29, 1.82) is 0 Å². The molecule has 0 N–H and O–H groups in total. The Morgan fingerprint density at radius 3 is 1.15 bits per heavy atom. The van der Waals surface area contributed by atoms with Gasteiger partial charge in [-0.1, -0.05) is 26.7 Å². The third kappa shape index (κ3) is 30.6. The van der Waals surface area contributed by atoms with E-state index in [9.17, 15) is 0 Å². The summed E-state index contributed by atoms with van der Waals surface area (Å²) in [6.45, 7) is 24.2. The Kier molecular flexibility index (Phi) is 31.4. The number of hydrogen-bond acceptors (Lipinski definition) is 9. The molecule has 40 heavy (non-hydrogen) atoms. The molecule has 0 radical (unpaired) electrons. The lowest BCUT2D eigenvalue weighted by atomic mass is 10.3. The normalized spacial score (nSPS) is 16.9. The van der Waals surface area contributed by atoms with Crippen LogP contribution in [0.25, 0.3) is 0 Å². The van der Waals surface area contributed by atoms with Crippen molar-refractivity contribution in [1.82, 2.24) is 0 Å². The minimum atomic E-state index is 0.0465. The fourth-order valence-corrected chi connectivity index (χ4v) is 3.01. The summed E-state index contributed by atoms with van der Waals surface area (Å²) >= 11 is 0. The summed E-state index contributed by atoms with van der Waals surface area (Å²) in [6, 6.07) is 0. The van der Waals surface area contributed by atoms with Crippen LogP contribution in [0.4, 0.5) is 0 Å². The lowest BCUT2D eigenvalue weighted by molar-refractivity contribution is -0.0871. The van der Waals surface area contributed by atoms with Gasteiger partial charge >= 0.3 is 0 Å². The van der Waals surface area contributed by atoms with Crippen molar-refractivity contribution in [3.8, 4) is 0 Å². The maximum atomic E-state index is 5.74. The second-order valence-electron chi connectivity index (χ2n) is 10.7. The van der Waals surface area contributed by atoms with Crippen LogP contribution in [-0.2, 0) is 42.6 Å². The third-order valence-corrected chi connectivity index (χ3v) is 5.78. The van der Waals surface area contributed by atoms with Gasteiger partial charge in [0.25, 0.3) is 0 Å². The Hall–Kier alpha value is -0.360. The van der Waals surface area contributed by atoms with Gasteiger partial charge in [-0.15, -0.1) is 0 Å². The van der Waals surface area contributed by atoms with Crippen LogP contribution in [-0.4, -0.2) is 116 Å². The van der Waals surface area contributed by atoms with Crippen LogP contribution in [0, 0.1) is 0 Å². The molecule has 0 aliphatic carbocycles. The van der Waals surface area contributed by atoms with E-state index in [2.05, 4.69) is 13.8 Å². The third-order valence-electron chi connectivity index (χ3n) is 5.78. The zero-order valence-electron chi connectivity index (χ0n) is 27.9. The number of methoxy groups -OCH3 is 2. The van der Waals surface area contributed by atoms with Crippen molar-refractivity contribution in [2.75, 3.05) is 73.7 Å². The van der Waals surface area contributed by atoms with Gasteiger partial charge in [0.2, 0.25) is 0 Å². The average Bonchev–Trinajstić information content (AvgIpc) is 2.94. The summed E-state index contributed by atoms with van der Waals surface area (Å²) in [5.41, 5.74) is 0. The van der Waals surface area contributed by atoms with Gasteiger partial charge in [-0.05, 0) is 61.3 Å². The minimum absolute atomic E-state index is 0.0465. The van der Waals surface area contributed by atoms with Crippen molar-refractivity contribution >= 4 is 0 Å². The van der Waals surface area contributed by atoms with Crippen LogP contribution in [0.1, 0.15) is 88.0 Å². The highest BCUT2D eigenvalue weighted by molar-refractivity contribution is 4.57. The van der Waals surface area contributed by atoms with Gasteiger partial charge in [-0.3, -0.25) is 0 Å². The highest BCUT2D eigenvalue weighted by Crippen LogP contribution is 2.03. The molecule has 0 aromatic carbocycles. The Labute approximate surface area is 247 Å². The molecule has 0 heterocycles. The van der Waals surface area contributed by atoms with E-state index in [4.69, 9.17) is 42.6 Å². The van der Waals surface area contributed by atoms with Crippen LogP contribution in [0.5, 0.6) is 0 Å². The molecular weight excluding hydrogens is 516 g/mol. The lowest BCUT2D eigenvalue weighted by Crippen LogP contribution is -2.27. The summed E-state index contributed by atoms with van der Waals surface area (Å²) in [5.74, 6) is 0. The van der Waals surface area contributed by atoms with Gasteiger partial charge < -0.3 is 42.6 Å². The molecule has 244 valence electrons. The molecule has 7 atom stereocenters. The Morgan fingerprint density at radius 2 is 0.750 bits per heavy atom. The van der Waals surface area contributed by atoms with Gasteiger partial charge in [0.05, 0.1) is 89.0 Å². The molecule has 0 bridgehead atoms. The van der Waals surface area contributed by atoms with Crippen molar-refractivity contribution in [2.45, 2.75) is 131 Å². The molecule has 9 nitrogen and oxygen atoms in total. The summed E-state index contributed by atoms with van der Waals surface area (Å²) in [7, 11) is 3.34. The number of rotatable bonds is 27. The van der Waals surface area contributed by atoms with Crippen molar-refractivity contribution in [2.24, 2.45) is 0 Å². The summed E-state index contributed by atoms with van der Waals surface area (Å²) < 4.78 is 49.6. The Bertz CT molecular complexity index is 497. The van der Waals surface area contributed by atoms with Crippen molar-refractivity contribution in [3.05, 3.63) is 0 Å². The van der Waals surface area contributed by atoms with Gasteiger partial charge in [0, 0.05) is 27.4 Å². The molecule has 0 aromatic rings. The lowest BCUT2D eigenvalue weighted by Gasteiger charge is -2.20.